The Hall–Kier alpha value is -4.98. The summed E-state index contributed by atoms with van der Waals surface area (Å²) in [7, 11) is 0. The van der Waals surface area contributed by atoms with Gasteiger partial charge in [0, 0.05) is 35.8 Å². The van der Waals surface area contributed by atoms with E-state index in [0.29, 0.717) is 12.8 Å². The summed E-state index contributed by atoms with van der Waals surface area (Å²) >= 11 is 0. The smallest absolute Gasteiger partial charge is 0.226 e. The molecule has 2 unspecified atom stereocenters. The van der Waals surface area contributed by atoms with Gasteiger partial charge in [-0.15, -0.1) is 0 Å². The van der Waals surface area contributed by atoms with E-state index in [1.807, 2.05) is 83.9 Å². The molecule has 4 heterocycles. The lowest BCUT2D eigenvalue weighted by atomic mass is 9.82. The van der Waals surface area contributed by atoms with E-state index in [2.05, 4.69) is 34.9 Å². The first kappa shape index (κ1) is 24.1. The van der Waals surface area contributed by atoms with Crippen LogP contribution in [-0.2, 0) is 9.59 Å². The first-order valence-corrected chi connectivity index (χ1v) is 13.5. The van der Waals surface area contributed by atoms with Crippen molar-refractivity contribution in [3.8, 4) is 11.4 Å². The minimum absolute atomic E-state index is 0.0313. The highest BCUT2D eigenvalue weighted by Crippen LogP contribution is 2.43. The van der Waals surface area contributed by atoms with Crippen LogP contribution in [0.2, 0.25) is 0 Å². The number of hydrogen-bond acceptors (Lipinski definition) is 4. The molecule has 7 rings (SSSR count). The van der Waals surface area contributed by atoms with Gasteiger partial charge in [-0.05, 0) is 49.2 Å². The highest BCUT2D eigenvalue weighted by Gasteiger charge is 2.35. The first-order chi connectivity index (χ1) is 19.5. The lowest BCUT2D eigenvalue weighted by Gasteiger charge is -2.26. The second-order valence-electron chi connectivity index (χ2n) is 10.5. The summed E-state index contributed by atoms with van der Waals surface area (Å²) in [6.45, 7) is 3.99. The molecule has 2 aliphatic rings. The zero-order valence-electron chi connectivity index (χ0n) is 22.3. The van der Waals surface area contributed by atoms with Crippen molar-refractivity contribution in [3.63, 3.8) is 0 Å². The van der Waals surface area contributed by atoms with E-state index in [1.54, 1.807) is 0 Å². The summed E-state index contributed by atoms with van der Waals surface area (Å²) in [5, 5.41) is 15.7. The standard InChI is InChI=1S/C32H28N6O2/c1-19-29-25(17-27(39)33-31(29)37(35-19)23-9-5-3-6-10-23)21-13-15-22(16-14-21)26-18-28(40)34-32-30(26)20(2)36-38(32)24-11-7-4-8-12-24/h3-16,25-26H,17-18H2,1-2H3,(H,33,39)(H,34,40). The van der Waals surface area contributed by atoms with E-state index in [4.69, 9.17) is 10.2 Å². The highest BCUT2D eigenvalue weighted by molar-refractivity contribution is 5.96. The minimum atomic E-state index is -0.108. The number of carbonyl (C=O) groups is 2. The number of para-hydroxylation sites is 2. The number of nitrogens with one attached hydrogen (secondary N) is 2. The van der Waals surface area contributed by atoms with E-state index in [1.165, 1.54) is 0 Å². The fourth-order valence-electron chi connectivity index (χ4n) is 6.14. The molecule has 0 fully saturated rings. The van der Waals surface area contributed by atoms with Gasteiger partial charge in [-0.25, -0.2) is 9.36 Å². The van der Waals surface area contributed by atoms with Crippen molar-refractivity contribution in [2.45, 2.75) is 38.5 Å². The van der Waals surface area contributed by atoms with E-state index >= 15 is 0 Å². The molecule has 0 spiro atoms. The number of fused-ring (bicyclic) bond motifs is 2. The van der Waals surface area contributed by atoms with Crippen molar-refractivity contribution in [3.05, 3.63) is 119 Å². The van der Waals surface area contributed by atoms with Gasteiger partial charge in [0.05, 0.1) is 22.8 Å². The van der Waals surface area contributed by atoms with Gasteiger partial charge < -0.3 is 10.6 Å². The molecule has 2 atom stereocenters. The van der Waals surface area contributed by atoms with Gasteiger partial charge in [-0.2, -0.15) is 10.2 Å². The van der Waals surface area contributed by atoms with Gasteiger partial charge in [-0.3, -0.25) is 9.59 Å². The molecule has 2 N–H and O–H groups in total. The van der Waals surface area contributed by atoms with Crippen LogP contribution in [-0.4, -0.2) is 31.4 Å². The molecule has 0 saturated heterocycles. The molecule has 198 valence electrons. The molecule has 3 aromatic carbocycles. The fraction of sp³-hybridized carbons (Fsp3) is 0.188. The van der Waals surface area contributed by atoms with E-state index < -0.39 is 0 Å². The van der Waals surface area contributed by atoms with Crippen LogP contribution < -0.4 is 10.6 Å². The summed E-state index contributed by atoms with van der Waals surface area (Å²) in [5.41, 5.74) is 7.77. The summed E-state index contributed by atoms with van der Waals surface area (Å²) in [6.07, 6.45) is 0.708. The molecule has 5 aromatic rings. The van der Waals surface area contributed by atoms with Crippen molar-refractivity contribution >= 4 is 23.5 Å². The predicted molar refractivity (Wildman–Crippen MR) is 153 cm³/mol. The lowest BCUT2D eigenvalue weighted by Crippen LogP contribution is -2.25. The molecule has 8 heteroatoms. The summed E-state index contributed by atoms with van der Waals surface area (Å²) < 4.78 is 3.64. The maximum atomic E-state index is 12.8. The molecule has 0 bridgehead atoms. The Bertz CT molecular complexity index is 1620. The quantitative estimate of drug-likeness (QED) is 0.317. The van der Waals surface area contributed by atoms with Gasteiger partial charge in [0.25, 0.3) is 0 Å². The van der Waals surface area contributed by atoms with Gasteiger partial charge in [0.15, 0.2) is 0 Å². The van der Waals surface area contributed by atoms with Crippen molar-refractivity contribution in [1.29, 1.82) is 0 Å². The third-order valence-electron chi connectivity index (χ3n) is 7.95. The molecule has 0 saturated carbocycles. The Morgan fingerprint density at radius 2 is 0.975 bits per heavy atom. The SMILES string of the molecule is Cc1nn(-c2ccccc2)c2c1C(c1ccc(C3CC(=O)Nc4c3c(C)nn4-c3ccccc3)cc1)CC(=O)N2. The molecule has 2 amide bonds. The Balaban J connectivity index is 1.25. The van der Waals surface area contributed by atoms with Crippen LogP contribution in [0.3, 0.4) is 0 Å². The first-order valence-electron chi connectivity index (χ1n) is 13.5. The van der Waals surface area contributed by atoms with Gasteiger partial charge >= 0.3 is 0 Å². The van der Waals surface area contributed by atoms with Crippen LogP contribution in [0.4, 0.5) is 11.6 Å². The molecule has 2 aliphatic heterocycles. The third kappa shape index (κ3) is 3.91. The van der Waals surface area contributed by atoms with E-state index in [9.17, 15) is 9.59 Å². The number of amides is 2. The van der Waals surface area contributed by atoms with Gasteiger partial charge in [0.1, 0.15) is 11.6 Å². The van der Waals surface area contributed by atoms with Crippen molar-refractivity contribution in [2.75, 3.05) is 10.6 Å². The lowest BCUT2D eigenvalue weighted by molar-refractivity contribution is -0.117. The molecule has 2 aromatic heterocycles. The Morgan fingerprint density at radius 3 is 1.35 bits per heavy atom. The normalized spacial score (nSPS) is 18.1. The number of hydrogen-bond donors (Lipinski definition) is 2. The summed E-state index contributed by atoms with van der Waals surface area (Å²) in [6, 6.07) is 28.0. The van der Waals surface area contributed by atoms with Crippen LogP contribution in [0, 0.1) is 13.8 Å². The van der Waals surface area contributed by atoms with E-state index in [-0.39, 0.29) is 23.7 Å². The molecular formula is C32H28N6O2. The minimum Gasteiger partial charge on any atom is -0.310 e. The maximum absolute atomic E-state index is 12.8. The van der Waals surface area contributed by atoms with Crippen LogP contribution >= 0.6 is 0 Å². The predicted octanol–water partition coefficient (Wildman–Crippen LogP) is 5.62. The summed E-state index contributed by atoms with van der Waals surface area (Å²) in [5.74, 6) is 1.18. The number of nitrogens with zero attached hydrogens (tertiary/aromatic N) is 4. The number of anilines is 2. The highest BCUT2D eigenvalue weighted by atomic mass is 16.2. The van der Waals surface area contributed by atoms with Crippen LogP contribution in [0.15, 0.2) is 84.9 Å². The van der Waals surface area contributed by atoms with Gasteiger partial charge in [-0.1, -0.05) is 60.7 Å². The molecule has 0 radical (unpaired) electrons. The monoisotopic (exact) mass is 528 g/mol. The van der Waals surface area contributed by atoms with Crippen LogP contribution in [0.1, 0.15) is 58.3 Å². The van der Waals surface area contributed by atoms with Gasteiger partial charge in [0.2, 0.25) is 11.8 Å². The third-order valence-corrected chi connectivity index (χ3v) is 7.95. The second-order valence-corrected chi connectivity index (χ2v) is 10.5. The van der Waals surface area contributed by atoms with Crippen LogP contribution in [0.5, 0.6) is 0 Å². The average molecular weight is 529 g/mol. The topological polar surface area (TPSA) is 93.8 Å². The van der Waals surface area contributed by atoms with E-state index in [0.717, 1.165) is 56.7 Å². The van der Waals surface area contributed by atoms with Crippen molar-refractivity contribution in [2.24, 2.45) is 0 Å². The fourth-order valence-corrected chi connectivity index (χ4v) is 6.14. The molecular weight excluding hydrogens is 500 g/mol. The van der Waals surface area contributed by atoms with Crippen molar-refractivity contribution in [1.82, 2.24) is 19.6 Å². The van der Waals surface area contributed by atoms with Crippen molar-refractivity contribution < 1.29 is 9.59 Å². The Kier molecular flexibility index (Phi) is 5.62. The zero-order valence-corrected chi connectivity index (χ0v) is 22.3. The summed E-state index contributed by atoms with van der Waals surface area (Å²) in [4.78, 5) is 25.7. The second kappa shape index (κ2) is 9.34. The largest absolute Gasteiger partial charge is 0.310 e. The maximum Gasteiger partial charge on any atom is 0.226 e. The number of rotatable bonds is 4. The Labute approximate surface area is 231 Å². The van der Waals surface area contributed by atoms with Crippen LogP contribution in [0.25, 0.3) is 11.4 Å². The molecule has 8 nitrogen and oxygen atoms in total. The molecule has 0 aliphatic carbocycles. The Morgan fingerprint density at radius 1 is 0.600 bits per heavy atom. The molecule has 40 heavy (non-hydrogen) atoms. The zero-order chi connectivity index (χ0) is 27.4. The number of aryl methyl sites for hydroxylation is 2. The number of benzene rings is 3. The number of carbonyl (C=O) groups excluding carboxylic acids is 2. The average Bonchev–Trinajstić information content (AvgIpc) is 3.49. The number of aromatic nitrogens is 4.